The van der Waals surface area contributed by atoms with Crippen molar-refractivity contribution in [1.29, 1.82) is 0 Å². The summed E-state index contributed by atoms with van der Waals surface area (Å²) in [6, 6.07) is 18.0. The molecule has 2 aromatic carbocycles. The van der Waals surface area contributed by atoms with Crippen LogP contribution >= 0.6 is 65.8 Å². The van der Waals surface area contributed by atoms with E-state index in [2.05, 4.69) is 6.08 Å². The molecule has 0 N–H and O–H groups in total. The Bertz CT molecular complexity index is 2250. The van der Waals surface area contributed by atoms with Crippen molar-refractivity contribution in [3.05, 3.63) is 92.6 Å². The number of carbonyl (C=O) groups excluding carboxylic acids is 5. The molecule has 16 heteroatoms. The Morgan fingerprint density at radius 2 is 1.24 bits per heavy atom. The fraction of sp³-hybridized carbons (Fsp3) is 0.357. The van der Waals surface area contributed by atoms with Gasteiger partial charge in [0, 0.05) is 21.7 Å². The molecule has 3 heterocycles. The third kappa shape index (κ3) is 13.2. The quantitative estimate of drug-likeness (QED) is 0.0335. The molecule has 0 bridgehead atoms. The van der Waals surface area contributed by atoms with Gasteiger partial charge in [0.1, 0.15) is 31.4 Å². The average Bonchev–Trinajstić information content (AvgIpc) is 3.95. The van der Waals surface area contributed by atoms with Gasteiger partial charge in [0.2, 0.25) is 0 Å². The number of fused-ring (bicyclic) bond motifs is 1. The van der Waals surface area contributed by atoms with Gasteiger partial charge in [-0.3, -0.25) is 19.2 Å². The van der Waals surface area contributed by atoms with Gasteiger partial charge in [0.15, 0.2) is 0 Å². The topological polar surface area (TPSA) is 132 Å². The van der Waals surface area contributed by atoms with Crippen molar-refractivity contribution >= 4 is 95.6 Å². The molecule has 2 aromatic heterocycles. The Morgan fingerprint density at radius 1 is 0.707 bits per heavy atom. The van der Waals surface area contributed by atoms with Crippen molar-refractivity contribution in [1.82, 2.24) is 0 Å². The SMILES string of the molecule is C[C@H]1CCC/C=C/[C@@H]2C[C@H](OC(=O)CCC(=O)Oc3ccc(-c4cc(=S)ss4)cc3)C[C@H]2[C@H](OC(=O)CCC(=O)Oc2ccc(-c3cc(=S)ss3)cc2)/C=C/C(=O)O1. The Labute approximate surface area is 360 Å². The number of rotatable bonds is 12. The molecule has 4 aromatic rings. The van der Waals surface area contributed by atoms with Crippen LogP contribution in [0.25, 0.3) is 20.9 Å². The number of benzene rings is 2. The van der Waals surface area contributed by atoms with Crippen LogP contribution in [0.5, 0.6) is 11.5 Å². The molecule has 6 rings (SSSR count). The van der Waals surface area contributed by atoms with Crippen molar-refractivity contribution in [2.75, 3.05) is 0 Å². The lowest BCUT2D eigenvalue weighted by Crippen LogP contribution is -2.28. The molecular weight excluding hydrogens is 857 g/mol. The molecule has 58 heavy (non-hydrogen) atoms. The molecule has 1 aliphatic carbocycles. The highest BCUT2D eigenvalue weighted by molar-refractivity contribution is 7.80. The van der Waals surface area contributed by atoms with E-state index in [4.69, 9.17) is 48.1 Å². The Morgan fingerprint density at radius 3 is 1.78 bits per heavy atom. The first-order valence-electron chi connectivity index (χ1n) is 18.7. The van der Waals surface area contributed by atoms with Crippen LogP contribution in [0.4, 0.5) is 0 Å². The maximum Gasteiger partial charge on any atom is 0.330 e. The van der Waals surface area contributed by atoms with Crippen molar-refractivity contribution in [3.63, 3.8) is 0 Å². The molecule has 1 saturated carbocycles. The van der Waals surface area contributed by atoms with E-state index in [-0.39, 0.29) is 43.6 Å². The molecule has 0 spiro atoms. The maximum atomic E-state index is 13.2. The second-order valence-corrected chi connectivity index (χ2v) is 19.6. The summed E-state index contributed by atoms with van der Waals surface area (Å²) in [5.41, 5.74) is 1.92. The highest BCUT2D eigenvalue weighted by Crippen LogP contribution is 2.40. The van der Waals surface area contributed by atoms with Crippen molar-refractivity contribution in [2.45, 2.75) is 83.0 Å². The van der Waals surface area contributed by atoms with Crippen LogP contribution in [0.3, 0.4) is 0 Å². The van der Waals surface area contributed by atoms with Gasteiger partial charge in [-0.25, -0.2) is 4.79 Å². The highest BCUT2D eigenvalue weighted by Gasteiger charge is 2.40. The third-order valence-corrected chi connectivity index (χ3v) is 15.3. The summed E-state index contributed by atoms with van der Waals surface area (Å²) >= 11 is 10.4. The summed E-state index contributed by atoms with van der Waals surface area (Å²) in [7, 11) is 6.19. The van der Waals surface area contributed by atoms with Gasteiger partial charge < -0.3 is 23.7 Å². The lowest BCUT2D eigenvalue weighted by molar-refractivity contribution is -0.153. The van der Waals surface area contributed by atoms with Crippen LogP contribution in [0, 0.1) is 19.5 Å². The van der Waals surface area contributed by atoms with E-state index >= 15 is 0 Å². The standard InChI is InChI=1S/C42H40O10S6/c1-25-5-3-2-4-6-28-21-31(51-39(46)18-17-37(44)49-29-11-7-26(8-12-29)34-23-41(53)57-55-34)22-32(28)33(15-16-36(43)48-25)52-40(47)20-19-38(45)50-30-13-9-27(10-14-30)35-24-42(54)58-56-35/h4,6-16,23-25,28,31-33H,2-3,5,17-22H2,1H3/b6-4+,16-15+/t25-,28+,31-,32+,33+/m0/s1. The van der Waals surface area contributed by atoms with E-state index < -0.39 is 42.1 Å². The number of carbonyl (C=O) groups is 5. The number of cyclic esters (lactones) is 1. The Kier molecular flexibility index (Phi) is 15.8. The van der Waals surface area contributed by atoms with E-state index in [1.165, 1.54) is 32.8 Å². The van der Waals surface area contributed by atoms with E-state index in [0.717, 1.165) is 41.4 Å². The predicted molar refractivity (Wildman–Crippen MR) is 230 cm³/mol. The summed E-state index contributed by atoms with van der Waals surface area (Å²) in [6.45, 7) is 1.83. The predicted octanol–water partition coefficient (Wildman–Crippen LogP) is 10.9. The van der Waals surface area contributed by atoms with Gasteiger partial charge in [-0.1, -0.05) is 77.9 Å². The summed E-state index contributed by atoms with van der Waals surface area (Å²) < 4.78 is 29.8. The van der Waals surface area contributed by atoms with Crippen molar-refractivity contribution in [3.8, 4) is 32.4 Å². The third-order valence-electron chi connectivity index (χ3n) is 9.44. The van der Waals surface area contributed by atoms with Crippen molar-refractivity contribution < 1.29 is 47.7 Å². The summed E-state index contributed by atoms with van der Waals surface area (Å²) in [4.78, 5) is 66.2. The fourth-order valence-corrected chi connectivity index (χ4v) is 11.4. The second-order valence-electron chi connectivity index (χ2n) is 13.8. The largest absolute Gasteiger partial charge is 0.462 e. The molecule has 5 atom stereocenters. The number of allylic oxidation sites excluding steroid dienone is 2. The lowest BCUT2D eigenvalue weighted by Gasteiger charge is -2.24. The average molecular weight is 897 g/mol. The van der Waals surface area contributed by atoms with Gasteiger partial charge in [-0.05, 0) is 123 Å². The molecule has 0 unspecified atom stereocenters. The minimum atomic E-state index is -0.882. The van der Waals surface area contributed by atoms with Gasteiger partial charge in [0.05, 0.1) is 31.8 Å². The Hall–Kier alpha value is -4.19. The molecule has 0 radical (unpaired) electrons. The van der Waals surface area contributed by atoms with Gasteiger partial charge in [-0.2, -0.15) is 0 Å². The van der Waals surface area contributed by atoms with E-state index in [1.54, 1.807) is 44.9 Å². The van der Waals surface area contributed by atoms with Gasteiger partial charge >= 0.3 is 29.8 Å². The molecule has 1 aliphatic heterocycles. The maximum absolute atomic E-state index is 13.2. The molecule has 0 saturated heterocycles. The highest BCUT2D eigenvalue weighted by atomic mass is 32.9. The smallest absolute Gasteiger partial charge is 0.330 e. The molecule has 2 aliphatic rings. The monoisotopic (exact) mass is 896 g/mol. The lowest BCUT2D eigenvalue weighted by atomic mass is 9.89. The summed E-state index contributed by atoms with van der Waals surface area (Å²) in [5.74, 6) is -2.74. The van der Waals surface area contributed by atoms with Crippen LogP contribution in [0.15, 0.2) is 85.0 Å². The zero-order valence-corrected chi connectivity index (χ0v) is 36.3. The zero-order valence-electron chi connectivity index (χ0n) is 31.4. The number of hydrogen-bond donors (Lipinski definition) is 0. The van der Waals surface area contributed by atoms with Crippen LogP contribution in [0.1, 0.15) is 64.7 Å². The molecular formula is C42H40O10S6. The fourth-order valence-electron chi connectivity index (χ4n) is 6.63. The first-order valence-corrected chi connectivity index (χ1v) is 23.9. The van der Waals surface area contributed by atoms with E-state index in [0.29, 0.717) is 30.8 Å². The normalized spacial score (nSPS) is 21.8. The second kappa shape index (κ2) is 21.2. The van der Waals surface area contributed by atoms with Crippen LogP contribution in [-0.2, 0) is 38.2 Å². The van der Waals surface area contributed by atoms with Gasteiger partial charge in [-0.15, -0.1) is 0 Å². The van der Waals surface area contributed by atoms with Crippen molar-refractivity contribution in [2.24, 2.45) is 11.8 Å². The van der Waals surface area contributed by atoms with E-state index in [9.17, 15) is 24.0 Å². The van der Waals surface area contributed by atoms with E-state index in [1.807, 2.05) is 49.4 Å². The first kappa shape index (κ1) is 43.4. The van der Waals surface area contributed by atoms with Crippen LogP contribution < -0.4 is 9.47 Å². The Balaban J connectivity index is 1.03. The zero-order chi connectivity index (χ0) is 41.0. The number of ether oxygens (including phenoxy) is 5. The first-order chi connectivity index (χ1) is 28.0. The molecule has 10 nitrogen and oxygen atoms in total. The number of esters is 5. The number of hydrogen-bond acceptors (Lipinski definition) is 16. The van der Waals surface area contributed by atoms with Crippen LogP contribution in [0.2, 0.25) is 0 Å². The minimum absolute atomic E-state index is 0.157. The summed E-state index contributed by atoms with van der Waals surface area (Å²) in [5, 5.41) is 0. The molecule has 1 fully saturated rings. The minimum Gasteiger partial charge on any atom is -0.462 e. The van der Waals surface area contributed by atoms with Crippen LogP contribution in [-0.4, -0.2) is 48.2 Å². The molecule has 0 amide bonds. The summed E-state index contributed by atoms with van der Waals surface area (Å²) in [6.07, 6.45) is 7.36. The molecule has 304 valence electrons. The van der Waals surface area contributed by atoms with Gasteiger partial charge in [0.25, 0.3) is 0 Å².